The van der Waals surface area contributed by atoms with Crippen LogP contribution in [0.15, 0.2) is 39.9 Å². The van der Waals surface area contributed by atoms with E-state index < -0.39 is 22.0 Å². The van der Waals surface area contributed by atoms with Crippen LogP contribution in [0.4, 0.5) is 5.69 Å². The summed E-state index contributed by atoms with van der Waals surface area (Å²) in [4.78, 5) is 12.2. The van der Waals surface area contributed by atoms with Gasteiger partial charge in [0.15, 0.2) is 0 Å². The first-order chi connectivity index (χ1) is 10.8. The summed E-state index contributed by atoms with van der Waals surface area (Å²) < 4.78 is 32.0. The number of sulfonamides is 1. The summed E-state index contributed by atoms with van der Waals surface area (Å²) in [6, 6.07) is 7.57. The van der Waals surface area contributed by atoms with Crippen molar-refractivity contribution in [3.63, 3.8) is 0 Å². The van der Waals surface area contributed by atoms with Crippen molar-refractivity contribution in [3.05, 3.63) is 41.3 Å². The molecule has 1 aromatic carbocycles. The molecule has 0 radical (unpaired) electrons. The molecule has 2 aromatic rings. The molecule has 0 bridgehead atoms. The summed E-state index contributed by atoms with van der Waals surface area (Å²) >= 11 is 1.09. The predicted molar refractivity (Wildman–Crippen MR) is 90.5 cm³/mol. The minimum atomic E-state index is -3.70. The number of anilines is 1. The van der Waals surface area contributed by atoms with Crippen LogP contribution in [0, 0.1) is 6.92 Å². The first kappa shape index (κ1) is 17.5. The molecule has 2 rings (SSSR count). The molecule has 1 amide bonds. The number of carbonyl (C=O) groups is 1. The molecule has 1 aromatic heterocycles. The minimum Gasteiger partial charge on any atom is -0.495 e. The third kappa shape index (κ3) is 4.31. The molecule has 1 unspecified atom stereocenters. The fraction of sp³-hybridized carbons (Fsp3) is 0.267. The Morgan fingerprint density at radius 2 is 2.04 bits per heavy atom. The topological polar surface area (TPSA) is 84.5 Å². The second kappa shape index (κ2) is 7.12. The molecule has 1 atom stereocenters. The largest absolute Gasteiger partial charge is 0.495 e. The number of aryl methyl sites for hydroxylation is 1. The summed E-state index contributed by atoms with van der Waals surface area (Å²) in [6.07, 6.45) is 0. The van der Waals surface area contributed by atoms with Crippen LogP contribution >= 0.6 is 11.3 Å². The van der Waals surface area contributed by atoms with Crippen molar-refractivity contribution in [2.45, 2.75) is 24.1 Å². The number of nitrogens with one attached hydrogen (secondary N) is 2. The van der Waals surface area contributed by atoms with Crippen LogP contribution in [0.3, 0.4) is 0 Å². The zero-order valence-electron chi connectivity index (χ0n) is 13.0. The van der Waals surface area contributed by atoms with E-state index in [-0.39, 0.29) is 4.21 Å². The number of carbonyl (C=O) groups excluding carboxylic acids is 1. The van der Waals surface area contributed by atoms with E-state index in [1.165, 1.54) is 20.1 Å². The van der Waals surface area contributed by atoms with Crippen molar-refractivity contribution in [1.82, 2.24) is 4.72 Å². The van der Waals surface area contributed by atoms with Gasteiger partial charge in [-0.25, -0.2) is 8.42 Å². The van der Waals surface area contributed by atoms with Crippen molar-refractivity contribution in [2.24, 2.45) is 0 Å². The number of ether oxygens (including phenoxy) is 1. The lowest BCUT2D eigenvalue weighted by molar-refractivity contribution is -0.117. The van der Waals surface area contributed by atoms with Crippen LogP contribution in [-0.2, 0) is 14.8 Å². The van der Waals surface area contributed by atoms with E-state index in [1.54, 1.807) is 23.6 Å². The smallest absolute Gasteiger partial charge is 0.250 e. The van der Waals surface area contributed by atoms with Gasteiger partial charge in [-0.1, -0.05) is 12.1 Å². The van der Waals surface area contributed by atoms with Crippen LogP contribution in [0.2, 0.25) is 0 Å². The fourth-order valence-electron chi connectivity index (χ4n) is 1.92. The Morgan fingerprint density at radius 1 is 1.30 bits per heavy atom. The van der Waals surface area contributed by atoms with Crippen LogP contribution in [0.5, 0.6) is 5.75 Å². The van der Waals surface area contributed by atoms with E-state index in [4.69, 9.17) is 4.74 Å². The van der Waals surface area contributed by atoms with Gasteiger partial charge in [-0.3, -0.25) is 4.79 Å². The van der Waals surface area contributed by atoms with Crippen molar-refractivity contribution in [2.75, 3.05) is 12.4 Å². The quantitative estimate of drug-likeness (QED) is 0.834. The van der Waals surface area contributed by atoms with E-state index in [0.29, 0.717) is 11.4 Å². The van der Waals surface area contributed by atoms with Gasteiger partial charge in [0.05, 0.1) is 18.8 Å². The van der Waals surface area contributed by atoms with Crippen molar-refractivity contribution in [3.8, 4) is 5.75 Å². The highest BCUT2D eigenvalue weighted by atomic mass is 32.2. The van der Waals surface area contributed by atoms with Gasteiger partial charge in [-0.15, -0.1) is 11.3 Å². The fourth-order valence-corrected chi connectivity index (χ4v) is 4.13. The van der Waals surface area contributed by atoms with Crippen LogP contribution in [0.25, 0.3) is 0 Å². The van der Waals surface area contributed by atoms with E-state index in [2.05, 4.69) is 10.0 Å². The third-order valence-corrected chi connectivity index (χ3v) is 6.04. The van der Waals surface area contributed by atoms with Gasteiger partial charge in [-0.05, 0) is 43.0 Å². The Kier molecular flexibility index (Phi) is 5.40. The van der Waals surface area contributed by atoms with Crippen molar-refractivity contribution in [1.29, 1.82) is 0 Å². The lowest BCUT2D eigenvalue weighted by atomic mass is 10.2. The van der Waals surface area contributed by atoms with Gasteiger partial charge >= 0.3 is 0 Å². The average molecular weight is 354 g/mol. The highest BCUT2D eigenvalue weighted by Crippen LogP contribution is 2.25. The molecule has 2 N–H and O–H groups in total. The molecule has 124 valence electrons. The summed E-state index contributed by atoms with van der Waals surface area (Å²) in [7, 11) is -2.20. The van der Waals surface area contributed by atoms with Gasteiger partial charge in [-0.2, -0.15) is 4.72 Å². The molecule has 23 heavy (non-hydrogen) atoms. The first-order valence-corrected chi connectivity index (χ1v) is 9.21. The molecule has 0 fully saturated rings. The zero-order chi connectivity index (χ0) is 17.0. The third-order valence-electron chi connectivity index (χ3n) is 3.10. The maximum absolute atomic E-state index is 12.2. The molecular formula is C15H18N2O4S2. The normalized spacial score (nSPS) is 12.7. The first-order valence-electron chi connectivity index (χ1n) is 6.85. The van der Waals surface area contributed by atoms with E-state index >= 15 is 0 Å². The Morgan fingerprint density at radius 3 is 2.65 bits per heavy atom. The SMILES string of the molecule is COc1ccc(C)cc1NC(=O)C(C)NS(=O)(=O)c1cccs1. The monoisotopic (exact) mass is 354 g/mol. The van der Waals surface area contributed by atoms with E-state index in [9.17, 15) is 13.2 Å². The minimum absolute atomic E-state index is 0.172. The van der Waals surface area contributed by atoms with E-state index in [0.717, 1.165) is 16.9 Å². The second-order valence-corrected chi connectivity index (χ2v) is 7.86. The molecule has 1 heterocycles. The summed E-state index contributed by atoms with van der Waals surface area (Å²) in [5.41, 5.74) is 1.45. The predicted octanol–water partition coefficient (Wildman–Crippen LogP) is 2.37. The number of hydrogen-bond donors (Lipinski definition) is 2. The van der Waals surface area contributed by atoms with Gasteiger partial charge in [0.1, 0.15) is 9.96 Å². The number of thiophene rings is 1. The molecule has 8 heteroatoms. The second-order valence-electron chi connectivity index (χ2n) is 4.97. The number of methoxy groups -OCH3 is 1. The summed E-state index contributed by atoms with van der Waals surface area (Å²) in [6.45, 7) is 3.38. The number of benzene rings is 1. The summed E-state index contributed by atoms with van der Waals surface area (Å²) in [5.74, 6) is 0.0475. The Balaban J connectivity index is 2.11. The van der Waals surface area contributed by atoms with Gasteiger partial charge in [0.25, 0.3) is 10.0 Å². The maximum atomic E-state index is 12.2. The van der Waals surface area contributed by atoms with Crippen molar-refractivity contribution >= 4 is 33.0 Å². The Bertz CT molecular complexity index is 786. The number of amides is 1. The number of hydrogen-bond acceptors (Lipinski definition) is 5. The highest BCUT2D eigenvalue weighted by Gasteiger charge is 2.23. The average Bonchev–Trinajstić information content (AvgIpc) is 3.02. The Labute approximate surface area is 139 Å². The lowest BCUT2D eigenvalue weighted by Crippen LogP contribution is -2.41. The van der Waals surface area contributed by atoms with Gasteiger partial charge in [0.2, 0.25) is 5.91 Å². The molecule has 0 aliphatic carbocycles. The standard InChI is InChI=1S/C15H18N2O4S2/c1-10-6-7-13(21-3)12(9-10)16-15(18)11(2)17-23(19,20)14-5-4-8-22-14/h4-9,11,17H,1-3H3,(H,16,18). The molecule has 0 saturated heterocycles. The molecule has 0 aliphatic heterocycles. The lowest BCUT2D eigenvalue weighted by Gasteiger charge is -2.15. The molecule has 0 saturated carbocycles. The molecule has 0 aliphatic rings. The van der Waals surface area contributed by atoms with Crippen LogP contribution < -0.4 is 14.8 Å². The maximum Gasteiger partial charge on any atom is 0.250 e. The highest BCUT2D eigenvalue weighted by molar-refractivity contribution is 7.91. The summed E-state index contributed by atoms with van der Waals surface area (Å²) in [5, 5.41) is 4.35. The molecule has 0 spiro atoms. The van der Waals surface area contributed by atoms with Crippen LogP contribution in [-0.4, -0.2) is 27.5 Å². The van der Waals surface area contributed by atoms with E-state index in [1.807, 2.05) is 13.0 Å². The zero-order valence-corrected chi connectivity index (χ0v) is 14.6. The van der Waals surface area contributed by atoms with Gasteiger partial charge in [0, 0.05) is 0 Å². The Hall–Kier alpha value is -1.90. The molecule has 6 nitrogen and oxygen atoms in total. The van der Waals surface area contributed by atoms with Crippen molar-refractivity contribution < 1.29 is 17.9 Å². The number of rotatable bonds is 6. The van der Waals surface area contributed by atoms with Crippen LogP contribution in [0.1, 0.15) is 12.5 Å². The van der Waals surface area contributed by atoms with Gasteiger partial charge < -0.3 is 10.1 Å². The molecular weight excluding hydrogens is 336 g/mol.